The highest BCUT2D eigenvalue weighted by atomic mass is 32.2. The Morgan fingerprint density at radius 1 is 1.50 bits per heavy atom. The molecule has 1 unspecified atom stereocenters. The molecule has 0 radical (unpaired) electrons. The van der Waals surface area contributed by atoms with E-state index in [1.54, 1.807) is 13.8 Å². The second-order valence-electron chi connectivity index (χ2n) is 3.42. The molecule has 96 valence electrons. The van der Waals surface area contributed by atoms with E-state index in [0.29, 0.717) is 0 Å². The summed E-state index contributed by atoms with van der Waals surface area (Å²) in [4.78, 5) is 11.0. The van der Waals surface area contributed by atoms with Crippen molar-refractivity contribution in [1.29, 1.82) is 0 Å². The molecule has 0 saturated heterocycles. The Labute approximate surface area is 96.2 Å². The maximum atomic E-state index is 11.6. The van der Waals surface area contributed by atoms with E-state index >= 15 is 0 Å². The molecule has 0 aromatic carbocycles. The first kappa shape index (κ1) is 15.3. The second-order valence-corrected chi connectivity index (χ2v) is 5.57. The highest BCUT2D eigenvalue weighted by Gasteiger charge is 2.23. The average Bonchev–Trinajstić information content (AvgIpc) is 2.25. The molecular weight excluding hydrogens is 234 g/mol. The van der Waals surface area contributed by atoms with Crippen LogP contribution in [-0.4, -0.2) is 55.9 Å². The summed E-state index contributed by atoms with van der Waals surface area (Å²) in [7, 11) is -2.14. The van der Waals surface area contributed by atoms with E-state index in [1.165, 1.54) is 7.05 Å². The van der Waals surface area contributed by atoms with Gasteiger partial charge in [-0.05, 0) is 13.8 Å². The molecule has 0 aliphatic carbocycles. The summed E-state index contributed by atoms with van der Waals surface area (Å²) in [6.07, 6.45) is -0.168. The summed E-state index contributed by atoms with van der Waals surface area (Å²) in [5.41, 5.74) is 0. The lowest BCUT2D eigenvalue weighted by molar-refractivity contribution is -0.142. The van der Waals surface area contributed by atoms with E-state index in [4.69, 9.17) is 5.11 Å². The van der Waals surface area contributed by atoms with Crippen LogP contribution in [0.1, 0.15) is 20.3 Å². The topological polar surface area (TPSA) is 83.9 Å². The van der Waals surface area contributed by atoms with Crippen molar-refractivity contribution >= 4 is 16.0 Å². The Morgan fingerprint density at radius 3 is 2.50 bits per heavy atom. The molecule has 0 spiro atoms. The third-order valence-corrected chi connectivity index (χ3v) is 4.15. The van der Waals surface area contributed by atoms with Gasteiger partial charge in [-0.2, -0.15) is 4.31 Å². The fourth-order valence-corrected chi connectivity index (χ4v) is 2.31. The van der Waals surface area contributed by atoms with Gasteiger partial charge in [0.2, 0.25) is 10.0 Å². The Hall–Kier alpha value is -0.660. The molecule has 7 heteroatoms. The number of aliphatic hydroxyl groups excluding tert-OH is 1. The van der Waals surface area contributed by atoms with E-state index < -0.39 is 22.0 Å². The molecule has 0 bridgehead atoms. The van der Waals surface area contributed by atoms with E-state index in [1.807, 2.05) is 0 Å². The zero-order valence-corrected chi connectivity index (χ0v) is 10.7. The SMILES string of the molecule is CCOC(=O)CCS(=O)(=O)N(C)C(C)CO. The van der Waals surface area contributed by atoms with Gasteiger partial charge in [0.1, 0.15) is 0 Å². The minimum Gasteiger partial charge on any atom is -0.466 e. The fourth-order valence-electron chi connectivity index (χ4n) is 0.979. The van der Waals surface area contributed by atoms with Gasteiger partial charge in [-0.3, -0.25) is 4.79 Å². The van der Waals surface area contributed by atoms with E-state index in [0.717, 1.165) is 4.31 Å². The van der Waals surface area contributed by atoms with Crippen molar-refractivity contribution in [3.05, 3.63) is 0 Å². The molecule has 16 heavy (non-hydrogen) atoms. The number of nitrogens with zero attached hydrogens (tertiary/aromatic N) is 1. The maximum absolute atomic E-state index is 11.6. The number of carbonyl (C=O) groups is 1. The van der Waals surface area contributed by atoms with Gasteiger partial charge in [0.15, 0.2) is 0 Å². The van der Waals surface area contributed by atoms with Gasteiger partial charge >= 0.3 is 5.97 Å². The van der Waals surface area contributed by atoms with Gasteiger partial charge in [-0.1, -0.05) is 0 Å². The zero-order valence-electron chi connectivity index (χ0n) is 9.84. The predicted octanol–water partition coefficient (Wildman–Crippen LogP) is -0.418. The Balaban J connectivity index is 4.30. The summed E-state index contributed by atoms with van der Waals surface area (Å²) in [6.45, 7) is 3.23. The molecule has 0 amide bonds. The molecule has 0 aromatic rings. The van der Waals surface area contributed by atoms with Gasteiger partial charge in [-0.15, -0.1) is 0 Å². The monoisotopic (exact) mass is 253 g/mol. The average molecular weight is 253 g/mol. The van der Waals surface area contributed by atoms with E-state index in [9.17, 15) is 13.2 Å². The van der Waals surface area contributed by atoms with Crippen molar-refractivity contribution in [2.45, 2.75) is 26.3 Å². The number of likely N-dealkylation sites (N-methyl/N-ethyl adjacent to an activating group) is 1. The summed E-state index contributed by atoms with van der Waals surface area (Å²) in [5.74, 6) is -0.830. The number of hydrogen-bond acceptors (Lipinski definition) is 5. The van der Waals surface area contributed by atoms with Crippen LogP contribution in [0.2, 0.25) is 0 Å². The minimum atomic E-state index is -3.51. The Morgan fingerprint density at radius 2 is 2.06 bits per heavy atom. The summed E-state index contributed by atoms with van der Waals surface area (Å²) < 4.78 is 29.0. The van der Waals surface area contributed by atoms with Crippen LogP contribution in [0.4, 0.5) is 0 Å². The normalized spacial score (nSPS) is 13.8. The molecular formula is C9H19NO5S. The smallest absolute Gasteiger partial charge is 0.306 e. The van der Waals surface area contributed by atoms with Gasteiger partial charge in [0.05, 0.1) is 25.4 Å². The second kappa shape index (κ2) is 6.82. The molecule has 6 nitrogen and oxygen atoms in total. The van der Waals surface area contributed by atoms with Crippen LogP contribution in [0.15, 0.2) is 0 Å². The summed E-state index contributed by atoms with van der Waals surface area (Å²) in [6, 6.07) is -0.493. The number of esters is 1. The number of rotatable bonds is 7. The van der Waals surface area contributed by atoms with Crippen LogP contribution in [0.3, 0.4) is 0 Å². The lowest BCUT2D eigenvalue weighted by atomic mass is 10.4. The molecule has 0 aliphatic heterocycles. The first-order valence-electron chi connectivity index (χ1n) is 5.07. The molecule has 0 rings (SSSR count). The van der Waals surface area contributed by atoms with Crippen LogP contribution in [-0.2, 0) is 19.6 Å². The molecule has 0 saturated carbocycles. The van der Waals surface area contributed by atoms with Crippen molar-refractivity contribution in [2.75, 3.05) is 26.0 Å². The van der Waals surface area contributed by atoms with Crippen LogP contribution in [0.5, 0.6) is 0 Å². The minimum absolute atomic E-state index is 0.168. The van der Waals surface area contributed by atoms with Crippen molar-refractivity contribution in [2.24, 2.45) is 0 Å². The van der Waals surface area contributed by atoms with Crippen molar-refractivity contribution in [1.82, 2.24) is 4.31 Å². The lowest BCUT2D eigenvalue weighted by Gasteiger charge is -2.22. The van der Waals surface area contributed by atoms with E-state index in [-0.39, 0.29) is 25.4 Å². The highest BCUT2D eigenvalue weighted by Crippen LogP contribution is 2.06. The quantitative estimate of drug-likeness (QED) is 0.623. The van der Waals surface area contributed by atoms with E-state index in [2.05, 4.69) is 4.74 Å². The first-order valence-corrected chi connectivity index (χ1v) is 6.68. The van der Waals surface area contributed by atoms with Crippen molar-refractivity contribution < 1.29 is 23.1 Å². The number of aliphatic hydroxyl groups is 1. The van der Waals surface area contributed by atoms with Crippen molar-refractivity contribution in [3.63, 3.8) is 0 Å². The molecule has 0 heterocycles. The number of carbonyl (C=O) groups excluding carboxylic acids is 1. The largest absolute Gasteiger partial charge is 0.466 e. The number of hydrogen-bond donors (Lipinski definition) is 1. The molecule has 0 fully saturated rings. The number of sulfonamides is 1. The van der Waals surface area contributed by atoms with Crippen molar-refractivity contribution in [3.8, 4) is 0 Å². The third-order valence-electron chi connectivity index (χ3n) is 2.19. The van der Waals surface area contributed by atoms with Crippen LogP contribution < -0.4 is 0 Å². The fraction of sp³-hybridized carbons (Fsp3) is 0.889. The lowest BCUT2D eigenvalue weighted by Crippen LogP contribution is -2.39. The van der Waals surface area contributed by atoms with Crippen LogP contribution >= 0.6 is 0 Å². The highest BCUT2D eigenvalue weighted by molar-refractivity contribution is 7.89. The standard InChI is InChI=1S/C9H19NO5S/c1-4-15-9(12)5-6-16(13,14)10(3)8(2)7-11/h8,11H,4-7H2,1-3H3. The Bertz CT molecular complexity index is 314. The third kappa shape index (κ3) is 4.91. The summed E-state index contributed by atoms with van der Waals surface area (Å²) in [5, 5.41) is 8.83. The molecule has 1 N–H and O–H groups in total. The maximum Gasteiger partial charge on any atom is 0.306 e. The molecule has 0 aliphatic rings. The first-order chi connectivity index (χ1) is 7.35. The van der Waals surface area contributed by atoms with Gasteiger partial charge < -0.3 is 9.84 Å². The van der Waals surface area contributed by atoms with Crippen LogP contribution in [0.25, 0.3) is 0 Å². The van der Waals surface area contributed by atoms with Gasteiger partial charge in [0, 0.05) is 13.1 Å². The zero-order chi connectivity index (χ0) is 12.8. The Kier molecular flexibility index (Phi) is 6.54. The van der Waals surface area contributed by atoms with Gasteiger partial charge in [-0.25, -0.2) is 8.42 Å². The molecule has 1 atom stereocenters. The summed E-state index contributed by atoms with van der Waals surface area (Å²) >= 11 is 0. The predicted molar refractivity (Wildman–Crippen MR) is 59.3 cm³/mol. The molecule has 0 aromatic heterocycles. The number of ether oxygens (including phenoxy) is 1. The van der Waals surface area contributed by atoms with Crippen LogP contribution in [0, 0.1) is 0 Å². The van der Waals surface area contributed by atoms with Gasteiger partial charge in [0.25, 0.3) is 0 Å².